The number of alkyl carbamates (subject to hydrolysis) is 1. The summed E-state index contributed by atoms with van der Waals surface area (Å²) in [5, 5.41) is 9.56. The van der Waals surface area contributed by atoms with E-state index < -0.39 is 5.60 Å². The van der Waals surface area contributed by atoms with Gasteiger partial charge in [-0.3, -0.25) is 4.99 Å². The highest BCUT2D eigenvalue weighted by molar-refractivity contribution is 5.79. The lowest BCUT2D eigenvalue weighted by Crippen LogP contribution is -2.48. The molecule has 0 atom stereocenters. The minimum absolute atomic E-state index is 0.0510. The second kappa shape index (κ2) is 11.0. The molecule has 0 unspecified atom stereocenters. The van der Waals surface area contributed by atoms with Crippen molar-refractivity contribution in [2.75, 3.05) is 39.9 Å². The van der Waals surface area contributed by atoms with Gasteiger partial charge < -0.3 is 25.4 Å². The molecule has 162 valence electrons. The van der Waals surface area contributed by atoms with Gasteiger partial charge in [0.15, 0.2) is 5.96 Å². The van der Waals surface area contributed by atoms with Gasteiger partial charge in [0.1, 0.15) is 5.60 Å². The predicted molar refractivity (Wildman–Crippen MR) is 116 cm³/mol. The van der Waals surface area contributed by atoms with Crippen LogP contribution in [0.1, 0.15) is 45.6 Å². The fraction of sp³-hybridized carbons (Fsp3) is 0.636. The molecular weight excluding hydrogens is 368 g/mol. The molecular formula is C22H36N4O3. The molecule has 1 amide bonds. The molecule has 3 N–H and O–H groups in total. The highest BCUT2D eigenvalue weighted by atomic mass is 16.6. The van der Waals surface area contributed by atoms with Crippen LogP contribution in [0.5, 0.6) is 0 Å². The molecule has 0 bridgehead atoms. The maximum atomic E-state index is 11.7. The Morgan fingerprint density at radius 3 is 2.38 bits per heavy atom. The van der Waals surface area contributed by atoms with Crippen molar-refractivity contribution in [3.05, 3.63) is 35.9 Å². The summed E-state index contributed by atoms with van der Waals surface area (Å²) < 4.78 is 10.8. The number of hydrogen-bond acceptors (Lipinski definition) is 4. The second-order valence-corrected chi connectivity index (χ2v) is 8.39. The van der Waals surface area contributed by atoms with Gasteiger partial charge in [-0.25, -0.2) is 4.79 Å². The number of carbonyl (C=O) groups is 1. The van der Waals surface area contributed by atoms with E-state index in [1.165, 1.54) is 5.56 Å². The van der Waals surface area contributed by atoms with Crippen molar-refractivity contribution < 1.29 is 14.3 Å². The van der Waals surface area contributed by atoms with Crippen molar-refractivity contribution in [3.63, 3.8) is 0 Å². The molecule has 1 aliphatic rings. The van der Waals surface area contributed by atoms with Crippen LogP contribution in [0.25, 0.3) is 0 Å². The average Bonchev–Trinajstić information content (AvgIpc) is 2.70. The minimum atomic E-state index is -0.479. The van der Waals surface area contributed by atoms with E-state index >= 15 is 0 Å². The Hall–Kier alpha value is -2.28. The third-order valence-corrected chi connectivity index (χ3v) is 4.97. The first-order valence-electron chi connectivity index (χ1n) is 10.4. The predicted octanol–water partition coefficient (Wildman–Crippen LogP) is 2.81. The van der Waals surface area contributed by atoms with Crippen molar-refractivity contribution in [1.82, 2.24) is 16.0 Å². The van der Waals surface area contributed by atoms with E-state index in [2.05, 4.69) is 51.3 Å². The molecule has 0 saturated carbocycles. The number of amides is 1. The van der Waals surface area contributed by atoms with Crippen LogP contribution in [-0.2, 0) is 14.9 Å². The normalized spacial score (nSPS) is 16.8. The van der Waals surface area contributed by atoms with Crippen molar-refractivity contribution >= 4 is 12.1 Å². The summed E-state index contributed by atoms with van der Waals surface area (Å²) in [6.07, 6.45) is 2.36. The maximum absolute atomic E-state index is 11.7. The van der Waals surface area contributed by atoms with Crippen LogP contribution < -0.4 is 16.0 Å². The molecule has 7 nitrogen and oxygen atoms in total. The molecule has 7 heteroatoms. The molecule has 0 aliphatic carbocycles. The van der Waals surface area contributed by atoms with Crippen LogP contribution in [0.15, 0.2) is 35.3 Å². The molecule has 29 heavy (non-hydrogen) atoms. The molecule has 1 saturated heterocycles. The van der Waals surface area contributed by atoms with Crippen LogP contribution in [0.3, 0.4) is 0 Å². The molecule has 1 fully saturated rings. The van der Waals surface area contributed by atoms with Crippen LogP contribution >= 0.6 is 0 Å². The van der Waals surface area contributed by atoms with E-state index in [0.29, 0.717) is 13.1 Å². The quantitative estimate of drug-likeness (QED) is 0.370. The first-order chi connectivity index (χ1) is 13.8. The first-order valence-corrected chi connectivity index (χ1v) is 10.4. The average molecular weight is 405 g/mol. The van der Waals surface area contributed by atoms with Gasteiger partial charge in [0.05, 0.1) is 0 Å². The third-order valence-electron chi connectivity index (χ3n) is 4.97. The Labute approximate surface area is 174 Å². The monoisotopic (exact) mass is 404 g/mol. The number of ether oxygens (including phenoxy) is 2. The smallest absolute Gasteiger partial charge is 0.407 e. The van der Waals surface area contributed by atoms with Gasteiger partial charge >= 0.3 is 6.09 Å². The summed E-state index contributed by atoms with van der Waals surface area (Å²) in [7, 11) is 1.77. The Bertz CT molecular complexity index is 650. The van der Waals surface area contributed by atoms with E-state index in [1.807, 2.05) is 20.8 Å². The van der Waals surface area contributed by atoms with Gasteiger partial charge in [0.25, 0.3) is 0 Å². The Morgan fingerprint density at radius 2 is 1.76 bits per heavy atom. The van der Waals surface area contributed by atoms with Crippen LogP contribution in [0.4, 0.5) is 4.79 Å². The van der Waals surface area contributed by atoms with E-state index in [9.17, 15) is 4.79 Å². The summed E-state index contributed by atoms with van der Waals surface area (Å²) >= 11 is 0. The Kier molecular flexibility index (Phi) is 8.76. The standard InChI is InChI=1S/C22H36N4O3/c1-21(2,3)29-20(27)25-14-8-13-24-19(23-4)26-17-22(11-15-28-16-12-22)18-9-6-5-7-10-18/h5-7,9-10H,8,11-17H2,1-4H3,(H,25,27)(H2,23,24,26). The zero-order valence-corrected chi connectivity index (χ0v) is 18.2. The summed E-state index contributed by atoms with van der Waals surface area (Å²) in [6, 6.07) is 10.6. The number of nitrogens with one attached hydrogen (secondary N) is 3. The van der Waals surface area contributed by atoms with E-state index in [4.69, 9.17) is 9.47 Å². The largest absolute Gasteiger partial charge is 0.444 e. The van der Waals surface area contributed by atoms with Gasteiger partial charge in [-0.05, 0) is 45.6 Å². The third kappa shape index (κ3) is 7.93. The van der Waals surface area contributed by atoms with Crippen LogP contribution in [0.2, 0.25) is 0 Å². The van der Waals surface area contributed by atoms with Gasteiger partial charge in [-0.15, -0.1) is 0 Å². The molecule has 0 aromatic heterocycles. The van der Waals surface area contributed by atoms with Crippen molar-refractivity contribution in [2.45, 2.75) is 51.0 Å². The number of carbonyl (C=O) groups excluding carboxylic acids is 1. The lowest BCUT2D eigenvalue weighted by atomic mass is 9.74. The first kappa shape index (κ1) is 23.0. The van der Waals surface area contributed by atoms with Crippen LogP contribution in [-0.4, -0.2) is 57.5 Å². The molecule has 2 rings (SSSR count). The Balaban J connectivity index is 1.77. The Morgan fingerprint density at radius 1 is 1.10 bits per heavy atom. The van der Waals surface area contributed by atoms with Crippen LogP contribution in [0, 0.1) is 0 Å². The summed E-state index contributed by atoms with van der Waals surface area (Å²) in [4.78, 5) is 16.0. The number of nitrogens with zero attached hydrogens (tertiary/aromatic N) is 1. The lowest BCUT2D eigenvalue weighted by molar-refractivity contribution is 0.0512. The number of aliphatic imine (C=N–C) groups is 1. The number of hydrogen-bond donors (Lipinski definition) is 3. The molecule has 1 aromatic carbocycles. The maximum Gasteiger partial charge on any atom is 0.407 e. The topological polar surface area (TPSA) is 84.0 Å². The van der Waals surface area contributed by atoms with Crippen molar-refractivity contribution in [1.29, 1.82) is 0 Å². The van der Waals surface area contributed by atoms with Crippen molar-refractivity contribution in [2.24, 2.45) is 4.99 Å². The minimum Gasteiger partial charge on any atom is -0.444 e. The van der Waals surface area contributed by atoms with Gasteiger partial charge in [0, 0.05) is 45.3 Å². The highest BCUT2D eigenvalue weighted by Gasteiger charge is 2.34. The van der Waals surface area contributed by atoms with Gasteiger partial charge in [-0.2, -0.15) is 0 Å². The number of guanidine groups is 1. The van der Waals surface area contributed by atoms with Gasteiger partial charge in [0.2, 0.25) is 0 Å². The van der Waals surface area contributed by atoms with E-state index in [1.54, 1.807) is 7.05 Å². The fourth-order valence-corrected chi connectivity index (χ4v) is 3.39. The lowest BCUT2D eigenvalue weighted by Gasteiger charge is -2.38. The highest BCUT2D eigenvalue weighted by Crippen LogP contribution is 2.34. The van der Waals surface area contributed by atoms with Gasteiger partial charge in [-0.1, -0.05) is 30.3 Å². The number of benzene rings is 1. The van der Waals surface area contributed by atoms with E-state index in [0.717, 1.165) is 45.0 Å². The fourth-order valence-electron chi connectivity index (χ4n) is 3.39. The zero-order chi connectivity index (χ0) is 21.2. The van der Waals surface area contributed by atoms with E-state index in [-0.39, 0.29) is 11.5 Å². The summed E-state index contributed by atoms with van der Waals surface area (Å²) in [5.41, 5.74) is 0.913. The second-order valence-electron chi connectivity index (χ2n) is 8.39. The molecule has 1 heterocycles. The zero-order valence-electron chi connectivity index (χ0n) is 18.2. The molecule has 0 radical (unpaired) electrons. The van der Waals surface area contributed by atoms with Crippen molar-refractivity contribution in [3.8, 4) is 0 Å². The molecule has 0 spiro atoms. The summed E-state index contributed by atoms with van der Waals surface area (Å²) in [5.74, 6) is 0.768. The molecule has 1 aromatic rings. The number of rotatable bonds is 7. The summed E-state index contributed by atoms with van der Waals surface area (Å²) in [6.45, 7) is 9.16. The SMILES string of the molecule is CN=C(NCCCNC(=O)OC(C)(C)C)NCC1(c2ccccc2)CCOCC1. The molecule has 1 aliphatic heterocycles.